The molecular formula is C9H13ClN2. The van der Waals surface area contributed by atoms with Gasteiger partial charge in [-0.05, 0) is 36.6 Å². The molecule has 12 heavy (non-hydrogen) atoms. The lowest BCUT2D eigenvalue weighted by Crippen LogP contribution is -2.23. The number of hydrogen-bond donors (Lipinski definition) is 1. The van der Waals surface area contributed by atoms with Gasteiger partial charge in [0.15, 0.2) is 5.29 Å². The number of allylic oxidation sites excluding steroid dienone is 2. The van der Waals surface area contributed by atoms with E-state index in [-0.39, 0.29) is 0 Å². The third kappa shape index (κ3) is 2.11. The second-order valence-electron chi connectivity index (χ2n) is 2.60. The van der Waals surface area contributed by atoms with Gasteiger partial charge in [-0.1, -0.05) is 13.0 Å². The summed E-state index contributed by atoms with van der Waals surface area (Å²) in [4.78, 5) is 4.09. The minimum atomic E-state index is 0.486. The summed E-state index contributed by atoms with van der Waals surface area (Å²) >= 11 is 5.74. The molecule has 0 unspecified atom stereocenters. The van der Waals surface area contributed by atoms with Gasteiger partial charge in [0.25, 0.3) is 0 Å². The largest absolute Gasteiger partial charge is 0.331 e. The van der Waals surface area contributed by atoms with Crippen LogP contribution in [-0.4, -0.2) is 11.8 Å². The first kappa shape index (κ1) is 9.33. The first-order chi connectivity index (χ1) is 5.77. The summed E-state index contributed by atoms with van der Waals surface area (Å²) < 4.78 is 0. The number of aliphatic imine (C=N–C) groups is 1. The molecule has 1 heterocycles. The fourth-order valence-corrected chi connectivity index (χ4v) is 1.28. The first-order valence-corrected chi connectivity index (χ1v) is 4.47. The average Bonchev–Trinajstić information content (AvgIpc) is 2.05. The molecule has 0 aromatic rings. The molecule has 0 aliphatic carbocycles. The smallest absolute Gasteiger partial charge is 0.196 e. The maximum atomic E-state index is 5.74. The molecule has 2 nitrogen and oxygen atoms in total. The van der Waals surface area contributed by atoms with Gasteiger partial charge in [-0.2, -0.15) is 0 Å². The Morgan fingerprint density at radius 1 is 1.67 bits per heavy atom. The highest BCUT2D eigenvalue weighted by atomic mass is 35.5. The fraction of sp³-hybridized carbons (Fsp3) is 0.444. The summed E-state index contributed by atoms with van der Waals surface area (Å²) in [5.74, 6) is 0. The Balaban J connectivity index is 2.81. The van der Waals surface area contributed by atoms with Gasteiger partial charge in [0.05, 0.1) is 6.54 Å². The van der Waals surface area contributed by atoms with E-state index >= 15 is 0 Å². The third-order valence-electron chi connectivity index (χ3n) is 1.79. The molecule has 0 saturated heterocycles. The SMILES string of the molecule is C/C=C\C1=C(CC)CN=C(Cl)N1. The predicted molar refractivity (Wildman–Crippen MR) is 53.4 cm³/mol. The van der Waals surface area contributed by atoms with Crippen LogP contribution in [0.1, 0.15) is 20.3 Å². The van der Waals surface area contributed by atoms with Gasteiger partial charge in [0.2, 0.25) is 0 Å². The van der Waals surface area contributed by atoms with Crippen molar-refractivity contribution in [2.75, 3.05) is 6.54 Å². The van der Waals surface area contributed by atoms with Crippen LogP contribution in [0.4, 0.5) is 0 Å². The lowest BCUT2D eigenvalue weighted by Gasteiger charge is -2.15. The van der Waals surface area contributed by atoms with Crippen molar-refractivity contribution in [3.63, 3.8) is 0 Å². The molecule has 1 rings (SSSR count). The molecule has 1 aliphatic rings. The van der Waals surface area contributed by atoms with Gasteiger partial charge in [-0.3, -0.25) is 4.99 Å². The van der Waals surface area contributed by atoms with Gasteiger partial charge in [-0.25, -0.2) is 0 Å². The Morgan fingerprint density at radius 3 is 3.00 bits per heavy atom. The van der Waals surface area contributed by atoms with E-state index in [0.717, 1.165) is 18.7 Å². The summed E-state index contributed by atoms with van der Waals surface area (Å²) in [7, 11) is 0. The van der Waals surface area contributed by atoms with Gasteiger partial charge in [0.1, 0.15) is 0 Å². The normalized spacial score (nSPS) is 18.1. The molecule has 0 amide bonds. The molecule has 0 radical (unpaired) electrons. The minimum Gasteiger partial charge on any atom is -0.331 e. The molecular weight excluding hydrogens is 172 g/mol. The van der Waals surface area contributed by atoms with Crippen LogP contribution < -0.4 is 5.32 Å². The maximum absolute atomic E-state index is 5.74. The van der Waals surface area contributed by atoms with E-state index in [1.54, 1.807) is 0 Å². The van der Waals surface area contributed by atoms with Crippen LogP contribution in [0, 0.1) is 0 Å². The van der Waals surface area contributed by atoms with Crippen LogP contribution in [-0.2, 0) is 0 Å². The summed E-state index contributed by atoms with van der Waals surface area (Å²) in [6, 6.07) is 0. The molecule has 1 N–H and O–H groups in total. The summed E-state index contributed by atoms with van der Waals surface area (Å²) in [6.45, 7) is 4.83. The van der Waals surface area contributed by atoms with Crippen molar-refractivity contribution in [1.29, 1.82) is 0 Å². The third-order valence-corrected chi connectivity index (χ3v) is 2.00. The summed E-state index contributed by atoms with van der Waals surface area (Å²) in [5.41, 5.74) is 2.40. The number of hydrogen-bond acceptors (Lipinski definition) is 2. The Labute approximate surface area is 78.0 Å². The van der Waals surface area contributed by atoms with Gasteiger partial charge in [-0.15, -0.1) is 0 Å². The molecule has 0 spiro atoms. The van der Waals surface area contributed by atoms with Crippen LogP contribution in [0.25, 0.3) is 0 Å². The highest BCUT2D eigenvalue weighted by Gasteiger charge is 2.08. The lowest BCUT2D eigenvalue weighted by molar-refractivity contribution is 0.922. The van der Waals surface area contributed by atoms with Crippen molar-refractivity contribution in [2.24, 2.45) is 4.99 Å². The predicted octanol–water partition coefficient (Wildman–Crippen LogP) is 2.42. The zero-order chi connectivity index (χ0) is 8.97. The van der Waals surface area contributed by atoms with Crippen molar-refractivity contribution in [1.82, 2.24) is 5.32 Å². The second kappa shape index (κ2) is 4.31. The Kier molecular flexibility index (Phi) is 3.35. The highest BCUT2D eigenvalue weighted by Crippen LogP contribution is 2.13. The van der Waals surface area contributed by atoms with Crippen molar-refractivity contribution in [3.05, 3.63) is 23.4 Å². The van der Waals surface area contributed by atoms with E-state index in [1.165, 1.54) is 5.57 Å². The second-order valence-corrected chi connectivity index (χ2v) is 2.96. The minimum absolute atomic E-state index is 0.486. The van der Waals surface area contributed by atoms with E-state index in [4.69, 9.17) is 11.6 Å². The van der Waals surface area contributed by atoms with E-state index < -0.39 is 0 Å². The molecule has 0 bridgehead atoms. The zero-order valence-corrected chi connectivity index (χ0v) is 8.15. The number of rotatable bonds is 2. The molecule has 0 saturated carbocycles. The lowest BCUT2D eigenvalue weighted by atomic mass is 10.1. The van der Waals surface area contributed by atoms with Gasteiger partial charge in [0, 0.05) is 5.70 Å². The van der Waals surface area contributed by atoms with E-state index in [1.807, 2.05) is 19.1 Å². The quantitative estimate of drug-likeness (QED) is 0.655. The van der Waals surface area contributed by atoms with Crippen molar-refractivity contribution in [3.8, 4) is 0 Å². The van der Waals surface area contributed by atoms with Gasteiger partial charge < -0.3 is 5.32 Å². The van der Waals surface area contributed by atoms with Crippen LogP contribution in [0.5, 0.6) is 0 Å². The summed E-state index contributed by atoms with van der Waals surface area (Å²) in [5, 5.41) is 3.51. The fourth-order valence-electron chi connectivity index (χ4n) is 1.12. The first-order valence-electron chi connectivity index (χ1n) is 4.09. The highest BCUT2D eigenvalue weighted by molar-refractivity contribution is 6.65. The van der Waals surface area contributed by atoms with Crippen molar-refractivity contribution in [2.45, 2.75) is 20.3 Å². The van der Waals surface area contributed by atoms with Crippen LogP contribution >= 0.6 is 11.6 Å². The monoisotopic (exact) mass is 184 g/mol. The van der Waals surface area contributed by atoms with Crippen LogP contribution in [0.2, 0.25) is 0 Å². The van der Waals surface area contributed by atoms with Crippen LogP contribution in [0.15, 0.2) is 28.4 Å². The van der Waals surface area contributed by atoms with Gasteiger partial charge >= 0.3 is 0 Å². The zero-order valence-electron chi connectivity index (χ0n) is 7.39. The summed E-state index contributed by atoms with van der Waals surface area (Å²) in [6.07, 6.45) is 5.03. The van der Waals surface area contributed by atoms with E-state index in [2.05, 4.69) is 17.2 Å². The van der Waals surface area contributed by atoms with E-state index in [0.29, 0.717) is 5.29 Å². The number of nitrogens with zero attached hydrogens (tertiary/aromatic N) is 1. The molecule has 66 valence electrons. The number of amidine groups is 1. The standard InChI is InChI=1S/C9H13ClN2/c1-3-5-8-7(4-2)6-11-9(10)12-8/h3,5H,4,6H2,1-2H3,(H,11,12)/b5-3-. The van der Waals surface area contributed by atoms with Crippen molar-refractivity contribution < 1.29 is 0 Å². The van der Waals surface area contributed by atoms with Crippen molar-refractivity contribution >= 4 is 16.9 Å². The molecule has 0 aromatic carbocycles. The molecule has 0 atom stereocenters. The van der Waals surface area contributed by atoms with E-state index in [9.17, 15) is 0 Å². The Hall–Kier alpha value is -0.760. The Morgan fingerprint density at radius 2 is 2.42 bits per heavy atom. The number of halogens is 1. The van der Waals surface area contributed by atoms with Crippen LogP contribution in [0.3, 0.4) is 0 Å². The molecule has 1 aliphatic heterocycles. The molecule has 0 fully saturated rings. The Bertz CT molecular complexity index is 251. The topological polar surface area (TPSA) is 24.4 Å². The maximum Gasteiger partial charge on any atom is 0.196 e. The molecule has 0 aromatic heterocycles. The number of nitrogens with one attached hydrogen (secondary N) is 1. The average molecular weight is 185 g/mol. The molecule has 3 heteroatoms.